The highest BCUT2D eigenvalue weighted by molar-refractivity contribution is 7.07. The van der Waals surface area contributed by atoms with Crippen LogP contribution in [0.4, 0.5) is 5.82 Å². The van der Waals surface area contributed by atoms with Crippen molar-refractivity contribution >= 4 is 17.2 Å². The second-order valence-electron chi connectivity index (χ2n) is 3.39. The molecule has 0 amide bonds. The number of nitrogens with zero attached hydrogens (tertiary/aromatic N) is 1. The van der Waals surface area contributed by atoms with Crippen molar-refractivity contribution in [2.45, 2.75) is 6.42 Å². The van der Waals surface area contributed by atoms with Crippen LogP contribution in [0.2, 0.25) is 0 Å². The van der Waals surface area contributed by atoms with Crippen LogP contribution < -0.4 is 10.1 Å². The van der Waals surface area contributed by atoms with Gasteiger partial charge in [0.05, 0.1) is 13.3 Å². The molecule has 2 rings (SSSR count). The topological polar surface area (TPSA) is 34.1 Å². The van der Waals surface area contributed by atoms with Crippen LogP contribution in [0.1, 0.15) is 5.56 Å². The maximum absolute atomic E-state index is 5.04. The molecule has 0 unspecified atom stereocenters. The molecule has 16 heavy (non-hydrogen) atoms. The molecule has 0 aliphatic heterocycles. The Morgan fingerprint density at radius 2 is 2.31 bits per heavy atom. The SMILES string of the molecule is COc1ccc(NCCc2ccsc2)nc1. The van der Waals surface area contributed by atoms with Crippen molar-refractivity contribution in [3.05, 3.63) is 40.7 Å². The highest BCUT2D eigenvalue weighted by Gasteiger charge is 1.96. The minimum absolute atomic E-state index is 0.781. The first kappa shape index (κ1) is 11.0. The fourth-order valence-corrected chi connectivity index (χ4v) is 2.08. The predicted octanol–water partition coefficient (Wildman–Crippen LogP) is 2.81. The van der Waals surface area contributed by atoms with Crippen LogP contribution >= 0.6 is 11.3 Å². The summed E-state index contributed by atoms with van der Waals surface area (Å²) in [7, 11) is 1.64. The summed E-state index contributed by atoms with van der Waals surface area (Å²) in [6.07, 6.45) is 2.74. The van der Waals surface area contributed by atoms with Gasteiger partial charge in [0.25, 0.3) is 0 Å². The number of thiophene rings is 1. The highest BCUT2D eigenvalue weighted by atomic mass is 32.1. The third kappa shape index (κ3) is 2.97. The van der Waals surface area contributed by atoms with Crippen LogP contribution in [0.15, 0.2) is 35.2 Å². The van der Waals surface area contributed by atoms with E-state index < -0.39 is 0 Å². The van der Waals surface area contributed by atoms with E-state index in [-0.39, 0.29) is 0 Å². The Morgan fingerprint density at radius 1 is 1.38 bits per heavy atom. The van der Waals surface area contributed by atoms with E-state index in [4.69, 9.17) is 4.74 Å². The van der Waals surface area contributed by atoms with E-state index in [1.807, 2.05) is 12.1 Å². The lowest BCUT2D eigenvalue weighted by molar-refractivity contribution is 0.413. The van der Waals surface area contributed by atoms with Crippen molar-refractivity contribution in [1.82, 2.24) is 4.98 Å². The molecule has 0 bridgehead atoms. The summed E-state index contributed by atoms with van der Waals surface area (Å²) in [4.78, 5) is 4.23. The lowest BCUT2D eigenvalue weighted by Gasteiger charge is -2.05. The normalized spacial score (nSPS) is 10.1. The van der Waals surface area contributed by atoms with Crippen molar-refractivity contribution < 1.29 is 4.74 Å². The van der Waals surface area contributed by atoms with Gasteiger partial charge in [-0.1, -0.05) is 0 Å². The Morgan fingerprint density at radius 3 is 2.94 bits per heavy atom. The van der Waals surface area contributed by atoms with E-state index >= 15 is 0 Å². The van der Waals surface area contributed by atoms with E-state index in [1.54, 1.807) is 24.6 Å². The van der Waals surface area contributed by atoms with E-state index in [2.05, 4.69) is 27.1 Å². The van der Waals surface area contributed by atoms with Crippen LogP contribution in [-0.2, 0) is 6.42 Å². The molecule has 0 fully saturated rings. The van der Waals surface area contributed by atoms with Gasteiger partial charge in [-0.3, -0.25) is 0 Å². The lowest BCUT2D eigenvalue weighted by Crippen LogP contribution is -2.05. The molecule has 0 aliphatic carbocycles. The second-order valence-corrected chi connectivity index (χ2v) is 4.17. The molecular weight excluding hydrogens is 220 g/mol. The average Bonchev–Trinajstić information content (AvgIpc) is 2.83. The van der Waals surface area contributed by atoms with Gasteiger partial charge in [0.1, 0.15) is 11.6 Å². The Bertz CT molecular complexity index is 411. The smallest absolute Gasteiger partial charge is 0.137 e. The third-order valence-electron chi connectivity index (χ3n) is 2.27. The van der Waals surface area contributed by atoms with Gasteiger partial charge < -0.3 is 10.1 Å². The summed E-state index contributed by atoms with van der Waals surface area (Å²) >= 11 is 1.73. The zero-order valence-corrected chi connectivity index (χ0v) is 9.96. The van der Waals surface area contributed by atoms with Gasteiger partial charge in [0, 0.05) is 6.54 Å². The fraction of sp³-hybridized carbons (Fsp3) is 0.250. The van der Waals surface area contributed by atoms with Gasteiger partial charge in [0.2, 0.25) is 0 Å². The number of nitrogens with one attached hydrogen (secondary N) is 1. The number of ether oxygens (including phenoxy) is 1. The van der Waals surface area contributed by atoms with Crippen LogP contribution in [0.3, 0.4) is 0 Å². The molecule has 0 spiro atoms. The Kier molecular flexibility index (Phi) is 3.77. The Balaban J connectivity index is 1.81. The van der Waals surface area contributed by atoms with Crippen molar-refractivity contribution in [3.8, 4) is 5.75 Å². The number of rotatable bonds is 5. The van der Waals surface area contributed by atoms with Gasteiger partial charge in [-0.05, 0) is 40.9 Å². The molecule has 2 aromatic heterocycles. The number of aromatic nitrogens is 1. The number of pyridine rings is 1. The molecule has 0 aliphatic rings. The van der Waals surface area contributed by atoms with Crippen molar-refractivity contribution in [3.63, 3.8) is 0 Å². The van der Waals surface area contributed by atoms with Crippen molar-refractivity contribution in [2.75, 3.05) is 19.0 Å². The van der Waals surface area contributed by atoms with Crippen LogP contribution in [-0.4, -0.2) is 18.6 Å². The van der Waals surface area contributed by atoms with Gasteiger partial charge in [-0.2, -0.15) is 11.3 Å². The molecule has 84 valence electrons. The quantitative estimate of drug-likeness (QED) is 0.863. The van der Waals surface area contributed by atoms with E-state index in [9.17, 15) is 0 Å². The summed E-state index contributed by atoms with van der Waals surface area (Å²) < 4.78 is 5.04. The molecule has 0 aromatic carbocycles. The van der Waals surface area contributed by atoms with Gasteiger partial charge in [0.15, 0.2) is 0 Å². The van der Waals surface area contributed by atoms with Gasteiger partial charge >= 0.3 is 0 Å². The van der Waals surface area contributed by atoms with E-state index in [0.717, 1.165) is 24.5 Å². The van der Waals surface area contributed by atoms with Gasteiger partial charge in [-0.25, -0.2) is 4.98 Å². The summed E-state index contributed by atoms with van der Waals surface area (Å²) in [5, 5.41) is 7.54. The maximum atomic E-state index is 5.04. The van der Waals surface area contributed by atoms with Crippen LogP contribution in [0.25, 0.3) is 0 Å². The molecule has 0 atom stereocenters. The summed E-state index contributed by atoms with van der Waals surface area (Å²) in [5.74, 6) is 1.67. The standard InChI is InChI=1S/C12H14N2OS/c1-15-11-2-3-12(14-8-11)13-6-4-10-5-7-16-9-10/h2-3,5,7-9H,4,6H2,1H3,(H,13,14). The maximum Gasteiger partial charge on any atom is 0.137 e. The number of hydrogen-bond acceptors (Lipinski definition) is 4. The zero-order valence-electron chi connectivity index (χ0n) is 9.14. The fourth-order valence-electron chi connectivity index (χ4n) is 1.38. The van der Waals surface area contributed by atoms with Crippen LogP contribution in [0, 0.1) is 0 Å². The summed E-state index contributed by atoms with van der Waals surface area (Å²) in [6.45, 7) is 0.899. The summed E-state index contributed by atoms with van der Waals surface area (Å²) in [6, 6.07) is 5.97. The molecule has 0 saturated carbocycles. The van der Waals surface area contributed by atoms with Crippen molar-refractivity contribution in [2.24, 2.45) is 0 Å². The highest BCUT2D eigenvalue weighted by Crippen LogP contribution is 2.11. The minimum Gasteiger partial charge on any atom is -0.495 e. The monoisotopic (exact) mass is 234 g/mol. The first-order chi connectivity index (χ1) is 7.88. The first-order valence-corrected chi connectivity index (χ1v) is 6.08. The third-order valence-corrected chi connectivity index (χ3v) is 3.00. The number of methoxy groups -OCH3 is 1. The first-order valence-electron chi connectivity index (χ1n) is 5.13. The van der Waals surface area contributed by atoms with E-state index in [1.165, 1.54) is 5.56 Å². The molecule has 1 N–H and O–H groups in total. The van der Waals surface area contributed by atoms with E-state index in [0.29, 0.717) is 0 Å². The molecular formula is C12H14N2OS. The molecule has 2 aromatic rings. The minimum atomic E-state index is 0.781. The molecule has 4 heteroatoms. The predicted molar refractivity (Wildman–Crippen MR) is 67.3 cm³/mol. The average molecular weight is 234 g/mol. The van der Waals surface area contributed by atoms with Gasteiger partial charge in [-0.15, -0.1) is 0 Å². The second kappa shape index (κ2) is 5.51. The summed E-state index contributed by atoms with van der Waals surface area (Å²) in [5.41, 5.74) is 1.37. The molecule has 3 nitrogen and oxygen atoms in total. The molecule has 0 radical (unpaired) electrons. The van der Waals surface area contributed by atoms with Crippen LogP contribution in [0.5, 0.6) is 5.75 Å². The lowest BCUT2D eigenvalue weighted by atomic mass is 10.2. The Labute approximate surface area is 99.1 Å². The molecule has 0 saturated heterocycles. The van der Waals surface area contributed by atoms with Crippen molar-refractivity contribution in [1.29, 1.82) is 0 Å². The number of hydrogen-bond donors (Lipinski definition) is 1. The number of anilines is 1. The Hall–Kier alpha value is -1.55. The largest absolute Gasteiger partial charge is 0.495 e. The molecule has 2 heterocycles. The zero-order chi connectivity index (χ0) is 11.2.